The molecule has 0 N–H and O–H groups in total. The van der Waals surface area contributed by atoms with Crippen LogP contribution < -0.4 is 0 Å². The molecule has 13 heavy (non-hydrogen) atoms. The lowest BCUT2D eigenvalue weighted by Crippen LogP contribution is -2.28. The average Bonchev–Trinajstić information content (AvgIpc) is 2.63. The molecule has 72 valence electrons. The average molecular weight is 180 g/mol. The highest BCUT2D eigenvalue weighted by Gasteiger charge is 2.38. The van der Waals surface area contributed by atoms with Crippen molar-refractivity contribution in [2.24, 2.45) is 17.8 Å². The van der Waals surface area contributed by atoms with Gasteiger partial charge in [0.2, 0.25) is 0 Å². The highest BCUT2D eigenvalue weighted by atomic mass is 16.5. The maximum absolute atomic E-state index is 11.5. The minimum atomic E-state index is -0.0127. The van der Waals surface area contributed by atoms with Crippen molar-refractivity contribution in [3.8, 4) is 0 Å². The zero-order valence-electron chi connectivity index (χ0n) is 8.03. The topological polar surface area (TPSA) is 26.3 Å². The fourth-order valence-electron chi connectivity index (χ4n) is 2.75. The lowest BCUT2D eigenvalue weighted by atomic mass is 9.78. The Kier molecular flexibility index (Phi) is 2.38. The van der Waals surface area contributed by atoms with Gasteiger partial charge >= 0.3 is 5.97 Å². The fourth-order valence-corrected chi connectivity index (χ4v) is 2.75. The molecule has 0 amide bonds. The third-order valence-corrected chi connectivity index (χ3v) is 3.42. The predicted octanol–water partition coefficient (Wildman–Crippen LogP) is 2.15. The number of fused-ring (bicyclic) bond motifs is 1. The van der Waals surface area contributed by atoms with Crippen LogP contribution in [0.5, 0.6) is 0 Å². The molecule has 0 aromatic rings. The van der Waals surface area contributed by atoms with Crippen LogP contribution in [0.4, 0.5) is 0 Å². The van der Waals surface area contributed by atoms with Gasteiger partial charge in [-0.3, -0.25) is 4.79 Å². The zero-order valence-corrected chi connectivity index (χ0v) is 8.03. The standard InChI is InChI=1S/C11H16O2/c1-13-11(12)10-7-3-5-8-4-2-6-9(8)10/h3,5,8-10H,2,4,6-7H2,1H3/t8-,9+,10+/m1/s1. The summed E-state index contributed by atoms with van der Waals surface area (Å²) in [5, 5.41) is 0. The number of esters is 1. The van der Waals surface area contributed by atoms with Gasteiger partial charge in [-0.15, -0.1) is 0 Å². The molecule has 0 bridgehead atoms. The second-order valence-electron chi connectivity index (χ2n) is 4.05. The zero-order chi connectivity index (χ0) is 9.26. The first kappa shape index (κ1) is 8.79. The van der Waals surface area contributed by atoms with Crippen molar-refractivity contribution in [2.45, 2.75) is 25.7 Å². The Balaban J connectivity index is 2.12. The van der Waals surface area contributed by atoms with Crippen LogP contribution in [0.15, 0.2) is 12.2 Å². The number of rotatable bonds is 1. The van der Waals surface area contributed by atoms with E-state index in [0.717, 1.165) is 6.42 Å². The van der Waals surface area contributed by atoms with Crippen molar-refractivity contribution < 1.29 is 9.53 Å². The van der Waals surface area contributed by atoms with E-state index in [0.29, 0.717) is 11.8 Å². The summed E-state index contributed by atoms with van der Waals surface area (Å²) in [4.78, 5) is 11.5. The number of hydrogen-bond donors (Lipinski definition) is 0. The minimum Gasteiger partial charge on any atom is -0.469 e. The molecule has 3 atom stereocenters. The smallest absolute Gasteiger partial charge is 0.309 e. The molecule has 2 aliphatic rings. The van der Waals surface area contributed by atoms with E-state index in [9.17, 15) is 4.79 Å². The molecule has 0 aromatic heterocycles. The van der Waals surface area contributed by atoms with Crippen LogP contribution in [-0.4, -0.2) is 13.1 Å². The van der Waals surface area contributed by atoms with E-state index in [1.165, 1.54) is 26.4 Å². The molecule has 2 nitrogen and oxygen atoms in total. The summed E-state index contributed by atoms with van der Waals surface area (Å²) in [6.45, 7) is 0. The van der Waals surface area contributed by atoms with Crippen molar-refractivity contribution >= 4 is 5.97 Å². The molecule has 0 aromatic carbocycles. The maximum atomic E-state index is 11.5. The van der Waals surface area contributed by atoms with Gasteiger partial charge in [0, 0.05) is 0 Å². The molecular formula is C11H16O2. The number of ether oxygens (including phenoxy) is 1. The number of carbonyl (C=O) groups is 1. The Morgan fingerprint density at radius 2 is 2.31 bits per heavy atom. The van der Waals surface area contributed by atoms with Gasteiger partial charge in [-0.05, 0) is 31.1 Å². The molecule has 0 heterocycles. The van der Waals surface area contributed by atoms with Gasteiger partial charge in [-0.1, -0.05) is 18.6 Å². The lowest BCUT2D eigenvalue weighted by Gasteiger charge is -2.27. The highest BCUT2D eigenvalue weighted by Crippen LogP contribution is 2.42. The van der Waals surface area contributed by atoms with Gasteiger partial charge in [0.1, 0.15) is 0 Å². The number of allylic oxidation sites excluding steroid dienone is 2. The Bertz CT molecular complexity index is 232. The third kappa shape index (κ3) is 1.50. The summed E-state index contributed by atoms with van der Waals surface area (Å²) in [6, 6.07) is 0. The van der Waals surface area contributed by atoms with E-state index in [1.54, 1.807) is 0 Å². The van der Waals surface area contributed by atoms with Crippen molar-refractivity contribution in [1.82, 2.24) is 0 Å². The monoisotopic (exact) mass is 180 g/mol. The minimum absolute atomic E-state index is 0.0127. The predicted molar refractivity (Wildman–Crippen MR) is 50.1 cm³/mol. The summed E-state index contributed by atoms with van der Waals surface area (Å²) in [6.07, 6.45) is 9.05. The van der Waals surface area contributed by atoms with Gasteiger partial charge in [0.15, 0.2) is 0 Å². The van der Waals surface area contributed by atoms with E-state index in [2.05, 4.69) is 12.2 Å². The van der Waals surface area contributed by atoms with E-state index in [-0.39, 0.29) is 11.9 Å². The molecule has 2 rings (SSSR count). The van der Waals surface area contributed by atoms with Gasteiger partial charge in [-0.25, -0.2) is 0 Å². The summed E-state index contributed by atoms with van der Waals surface area (Å²) < 4.78 is 4.83. The fraction of sp³-hybridized carbons (Fsp3) is 0.727. The van der Waals surface area contributed by atoms with Crippen LogP contribution in [0.2, 0.25) is 0 Å². The van der Waals surface area contributed by atoms with Crippen LogP contribution in [0.25, 0.3) is 0 Å². The first-order valence-corrected chi connectivity index (χ1v) is 5.07. The first-order valence-electron chi connectivity index (χ1n) is 5.07. The number of hydrogen-bond acceptors (Lipinski definition) is 2. The molecule has 1 fully saturated rings. The SMILES string of the molecule is COC(=O)[C@H]1CC=C[C@H]2CCC[C@H]12. The molecule has 2 heteroatoms. The lowest BCUT2D eigenvalue weighted by molar-refractivity contribution is -0.147. The largest absolute Gasteiger partial charge is 0.469 e. The van der Waals surface area contributed by atoms with Crippen LogP contribution >= 0.6 is 0 Å². The van der Waals surface area contributed by atoms with Crippen LogP contribution in [-0.2, 0) is 9.53 Å². The molecule has 0 radical (unpaired) electrons. The summed E-state index contributed by atoms with van der Waals surface area (Å²) >= 11 is 0. The van der Waals surface area contributed by atoms with Crippen molar-refractivity contribution in [1.29, 1.82) is 0 Å². The van der Waals surface area contributed by atoms with E-state index in [1.807, 2.05) is 0 Å². The number of methoxy groups -OCH3 is 1. The molecule has 2 aliphatic carbocycles. The van der Waals surface area contributed by atoms with Gasteiger partial charge < -0.3 is 4.74 Å². The normalized spacial score (nSPS) is 37.2. The van der Waals surface area contributed by atoms with Crippen LogP contribution in [0, 0.1) is 17.8 Å². The molecule has 0 unspecified atom stereocenters. The molecule has 1 saturated carbocycles. The third-order valence-electron chi connectivity index (χ3n) is 3.42. The van der Waals surface area contributed by atoms with Crippen LogP contribution in [0.1, 0.15) is 25.7 Å². The Morgan fingerprint density at radius 1 is 1.46 bits per heavy atom. The Labute approximate surface area is 79.0 Å². The molecular weight excluding hydrogens is 164 g/mol. The Morgan fingerprint density at radius 3 is 3.08 bits per heavy atom. The summed E-state index contributed by atoms with van der Waals surface area (Å²) in [7, 11) is 1.49. The van der Waals surface area contributed by atoms with Crippen molar-refractivity contribution in [3.63, 3.8) is 0 Å². The van der Waals surface area contributed by atoms with Gasteiger partial charge in [0.25, 0.3) is 0 Å². The second kappa shape index (κ2) is 3.52. The molecule has 0 saturated heterocycles. The first-order chi connectivity index (χ1) is 6.33. The Hall–Kier alpha value is -0.790. The van der Waals surface area contributed by atoms with E-state index >= 15 is 0 Å². The maximum Gasteiger partial charge on any atom is 0.309 e. The van der Waals surface area contributed by atoms with Gasteiger partial charge in [0.05, 0.1) is 13.0 Å². The number of carbonyl (C=O) groups excluding carboxylic acids is 1. The van der Waals surface area contributed by atoms with Crippen molar-refractivity contribution in [2.75, 3.05) is 7.11 Å². The van der Waals surface area contributed by atoms with Crippen LogP contribution in [0.3, 0.4) is 0 Å². The second-order valence-corrected chi connectivity index (χ2v) is 4.05. The highest BCUT2D eigenvalue weighted by molar-refractivity contribution is 5.73. The quantitative estimate of drug-likeness (QED) is 0.456. The van der Waals surface area contributed by atoms with E-state index in [4.69, 9.17) is 4.74 Å². The summed E-state index contributed by atoms with van der Waals surface area (Å²) in [5.74, 6) is 1.35. The van der Waals surface area contributed by atoms with Gasteiger partial charge in [-0.2, -0.15) is 0 Å². The van der Waals surface area contributed by atoms with Crippen molar-refractivity contribution in [3.05, 3.63) is 12.2 Å². The molecule has 0 spiro atoms. The molecule has 0 aliphatic heterocycles. The summed E-state index contributed by atoms with van der Waals surface area (Å²) in [5.41, 5.74) is 0. The van der Waals surface area contributed by atoms with E-state index < -0.39 is 0 Å².